The molecule has 0 spiro atoms. The Balaban J connectivity index is 2.07. The molecule has 1 aromatic rings. The predicted molar refractivity (Wildman–Crippen MR) is 69.9 cm³/mol. The van der Waals surface area contributed by atoms with Crippen molar-refractivity contribution >= 4 is 5.69 Å². The third-order valence-corrected chi connectivity index (χ3v) is 3.21. The van der Waals surface area contributed by atoms with Gasteiger partial charge in [-0.15, -0.1) is 0 Å². The lowest BCUT2D eigenvalue weighted by atomic mass is 9.99. The zero-order valence-corrected chi connectivity index (χ0v) is 10.8. The molecule has 6 heteroatoms. The number of para-hydroxylation sites is 1. The molecule has 1 aliphatic rings. The molecule has 1 aromatic carbocycles. The zero-order valence-electron chi connectivity index (χ0n) is 10.8. The first-order chi connectivity index (χ1) is 9.08. The van der Waals surface area contributed by atoms with Gasteiger partial charge >= 0.3 is 0 Å². The average molecular weight is 266 g/mol. The van der Waals surface area contributed by atoms with Gasteiger partial charge in [-0.05, 0) is 19.4 Å². The number of nitrogens with zero attached hydrogens (tertiary/aromatic N) is 1. The van der Waals surface area contributed by atoms with Crippen molar-refractivity contribution in [2.75, 3.05) is 13.2 Å². The number of hydrogen-bond acceptors (Lipinski definition) is 5. The fraction of sp³-hybridized carbons (Fsp3) is 0.538. The van der Waals surface area contributed by atoms with Crippen LogP contribution >= 0.6 is 0 Å². The molecule has 0 aromatic heterocycles. The van der Waals surface area contributed by atoms with Crippen LogP contribution in [-0.4, -0.2) is 35.3 Å². The summed E-state index contributed by atoms with van der Waals surface area (Å²) in [5.41, 5.74) is 0.312. The Morgan fingerprint density at radius 1 is 1.53 bits per heavy atom. The normalized spacial score (nSPS) is 24.9. The zero-order chi connectivity index (χ0) is 13.8. The monoisotopic (exact) mass is 266 g/mol. The number of hydrogen-bond donors (Lipinski definition) is 2. The summed E-state index contributed by atoms with van der Waals surface area (Å²) in [7, 11) is 0. The van der Waals surface area contributed by atoms with Crippen molar-refractivity contribution in [1.82, 2.24) is 5.32 Å². The minimum absolute atomic E-state index is 0.0126. The Labute approximate surface area is 111 Å². The van der Waals surface area contributed by atoms with E-state index in [1.54, 1.807) is 18.2 Å². The minimum Gasteiger partial charge on any atom is -0.388 e. The Bertz CT molecular complexity index is 452. The van der Waals surface area contributed by atoms with Crippen LogP contribution in [0.3, 0.4) is 0 Å². The fourth-order valence-corrected chi connectivity index (χ4v) is 2.35. The van der Waals surface area contributed by atoms with Gasteiger partial charge in [-0.25, -0.2) is 0 Å². The standard InChI is InChI=1S/C13H18N2O4/c1-9-7-19-8-10(14-9)6-13(16)11-4-2-3-5-12(11)15(17)18/h2-5,9-10,13-14,16H,6-8H2,1H3. The molecule has 3 atom stereocenters. The van der Waals surface area contributed by atoms with E-state index in [9.17, 15) is 15.2 Å². The molecular weight excluding hydrogens is 248 g/mol. The number of benzene rings is 1. The first-order valence-corrected chi connectivity index (χ1v) is 6.33. The van der Waals surface area contributed by atoms with Crippen molar-refractivity contribution in [2.45, 2.75) is 31.5 Å². The van der Waals surface area contributed by atoms with E-state index in [0.29, 0.717) is 25.2 Å². The molecule has 19 heavy (non-hydrogen) atoms. The maximum absolute atomic E-state index is 10.9. The van der Waals surface area contributed by atoms with Crippen molar-refractivity contribution in [3.63, 3.8) is 0 Å². The number of nitro groups is 1. The number of nitrogens with one attached hydrogen (secondary N) is 1. The van der Waals surface area contributed by atoms with Gasteiger partial charge in [0.1, 0.15) is 0 Å². The average Bonchev–Trinajstić information content (AvgIpc) is 2.38. The quantitative estimate of drug-likeness (QED) is 0.635. The van der Waals surface area contributed by atoms with Crippen LogP contribution in [0.2, 0.25) is 0 Å². The van der Waals surface area contributed by atoms with Gasteiger partial charge in [-0.3, -0.25) is 10.1 Å². The van der Waals surface area contributed by atoms with E-state index in [1.807, 2.05) is 6.92 Å². The molecule has 1 heterocycles. The molecule has 0 amide bonds. The third-order valence-electron chi connectivity index (χ3n) is 3.21. The molecule has 0 radical (unpaired) electrons. The number of morpholine rings is 1. The lowest BCUT2D eigenvalue weighted by Crippen LogP contribution is -2.47. The summed E-state index contributed by atoms with van der Waals surface area (Å²) < 4.78 is 5.40. The number of rotatable bonds is 4. The highest BCUT2D eigenvalue weighted by molar-refractivity contribution is 5.41. The second-order valence-corrected chi connectivity index (χ2v) is 4.87. The third kappa shape index (κ3) is 3.50. The molecule has 2 rings (SSSR count). The Hall–Kier alpha value is -1.50. The molecule has 2 N–H and O–H groups in total. The van der Waals surface area contributed by atoms with Gasteiger partial charge in [0.25, 0.3) is 5.69 Å². The smallest absolute Gasteiger partial charge is 0.275 e. The van der Waals surface area contributed by atoms with Crippen LogP contribution in [0.1, 0.15) is 25.0 Å². The van der Waals surface area contributed by atoms with E-state index in [1.165, 1.54) is 6.07 Å². The highest BCUT2D eigenvalue weighted by Crippen LogP contribution is 2.28. The first kappa shape index (κ1) is 13.9. The SMILES string of the molecule is CC1COCC(CC(O)c2ccccc2[N+](=O)[O-])N1. The van der Waals surface area contributed by atoms with Crippen LogP contribution in [0.5, 0.6) is 0 Å². The maximum Gasteiger partial charge on any atom is 0.275 e. The lowest BCUT2D eigenvalue weighted by molar-refractivity contribution is -0.386. The second-order valence-electron chi connectivity index (χ2n) is 4.87. The summed E-state index contributed by atoms with van der Waals surface area (Å²) in [6.07, 6.45) is -0.470. The summed E-state index contributed by atoms with van der Waals surface area (Å²) in [6, 6.07) is 6.54. The van der Waals surface area contributed by atoms with E-state index in [-0.39, 0.29) is 17.8 Å². The predicted octanol–water partition coefficient (Wildman–Crippen LogP) is 1.40. The second kappa shape index (κ2) is 6.10. The summed E-state index contributed by atoms with van der Waals surface area (Å²) >= 11 is 0. The largest absolute Gasteiger partial charge is 0.388 e. The Morgan fingerprint density at radius 3 is 2.95 bits per heavy atom. The van der Waals surface area contributed by atoms with Gasteiger partial charge in [0.05, 0.1) is 29.8 Å². The maximum atomic E-state index is 10.9. The highest BCUT2D eigenvalue weighted by Gasteiger charge is 2.25. The Morgan fingerprint density at radius 2 is 2.26 bits per heavy atom. The van der Waals surface area contributed by atoms with Crippen LogP contribution in [0.15, 0.2) is 24.3 Å². The summed E-state index contributed by atoms with van der Waals surface area (Å²) in [6.45, 7) is 3.17. The van der Waals surface area contributed by atoms with Crippen molar-refractivity contribution in [1.29, 1.82) is 0 Å². The van der Waals surface area contributed by atoms with Gasteiger partial charge in [0, 0.05) is 18.2 Å². The topological polar surface area (TPSA) is 84.6 Å². The van der Waals surface area contributed by atoms with Gasteiger partial charge in [0.15, 0.2) is 0 Å². The number of aliphatic hydroxyl groups excluding tert-OH is 1. The molecule has 1 saturated heterocycles. The summed E-state index contributed by atoms with van der Waals surface area (Å²) in [5, 5.41) is 24.4. The van der Waals surface area contributed by atoms with Crippen LogP contribution in [-0.2, 0) is 4.74 Å². The van der Waals surface area contributed by atoms with Crippen LogP contribution in [0.4, 0.5) is 5.69 Å². The molecule has 1 fully saturated rings. The molecule has 104 valence electrons. The van der Waals surface area contributed by atoms with Gasteiger partial charge in [-0.1, -0.05) is 12.1 Å². The molecule has 0 aliphatic carbocycles. The summed E-state index contributed by atoms with van der Waals surface area (Å²) in [5.74, 6) is 0. The highest BCUT2D eigenvalue weighted by atomic mass is 16.6. The minimum atomic E-state index is -0.868. The molecule has 3 unspecified atom stereocenters. The van der Waals surface area contributed by atoms with Crippen molar-refractivity contribution in [3.8, 4) is 0 Å². The van der Waals surface area contributed by atoms with E-state index in [4.69, 9.17) is 4.74 Å². The molecule has 1 aliphatic heterocycles. The van der Waals surface area contributed by atoms with E-state index < -0.39 is 11.0 Å². The van der Waals surface area contributed by atoms with Crippen LogP contribution in [0, 0.1) is 10.1 Å². The number of aliphatic hydroxyl groups is 1. The number of ether oxygens (including phenoxy) is 1. The van der Waals surface area contributed by atoms with E-state index in [2.05, 4.69) is 5.32 Å². The van der Waals surface area contributed by atoms with Gasteiger partial charge in [0.2, 0.25) is 0 Å². The number of nitro benzene ring substituents is 1. The van der Waals surface area contributed by atoms with E-state index >= 15 is 0 Å². The van der Waals surface area contributed by atoms with Crippen molar-refractivity contribution < 1.29 is 14.8 Å². The van der Waals surface area contributed by atoms with Crippen molar-refractivity contribution in [3.05, 3.63) is 39.9 Å². The van der Waals surface area contributed by atoms with Crippen molar-refractivity contribution in [2.24, 2.45) is 0 Å². The molecule has 0 saturated carbocycles. The lowest BCUT2D eigenvalue weighted by Gasteiger charge is -2.30. The van der Waals surface area contributed by atoms with Crippen LogP contribution in [0.25, 0.3) is 0 Å². The first-order valence-electron chi connectivity index (χ1n) is 6.33. The van der Waals surface area contributed by atoms with E-state index in [0.717, 1.165) is 0 Å². The molecule has 6 nitrogen and oxygen atoms in total. The molecular formula is C13H18N2O4. The van der Waals surface area contributed by atoms with Gasteiger partial charge < -0.3 is 15.2 Å². The molecule has 0 bridgehead atoms. The Kier molecular flexibility index (Phi) is 4.47. The fourth-order valence-electron chi connectivity index (χ4n) is 2.35. The van der Waals surface area contributed by atoms with Crippen LogP contribution < -0.4 is 5.32 Å². The van der Waals surface area contributed by atoms with Gasteiger partial charge in [-0.2, -0.15) is 0 Å². The summed E-state index contributed by atoms with van der Waals surface area (Å²) in [4.78, 5) is 10.5.